The average molecular weight is 982 g/mol. The minimum atomic E-state index is -1.23. The first kappa shape index (κ1) is 63.4. The van der Waals surface area contributed by atoms with E-state index >= 15 is 0 Å². The van der Waals surface area contributed by atoms with Gasteiger partial charge in [-0.25, -0.2) is 4.79 Å². The van der Waals surface area contributed by atoms with Crippen molar-refractivity contribution in [1.29, 1.82) is 0 Å². The zero-order valence-electron chi connectivity index (χ0n) is 42.9. The first-order valence-corrected chi connectivity index (χ1v) is 24.2. The third-order valence-electron chi connectivity index (χ3n) is 10.7. The topological polar surface area (TPSA) is 387 Å². The number of carboxylic acid groups (broad SMARTS) is 1. The molecule has 0 aliphatic carbocycles. The van der Waals surface area contributed by atoms with Crippen LogP contribution in [0, 0.1) is 29.6 Å². The Morgan fingerprint density at radius 3 is 1.14 bits per heavy atom. The van der Waals surface area contributed by atoms with Crippen LogP contribution in [0.25, 0.3) is 0 Å². The Labute approximate surface area is 408 Å². The Morgan fingerprint density at radius 2 is 0.797 bits per heavy atom. The summed E-state index contributed by atoms with van der Waals surface area (Å²) in [6.07, 6.45) is 2.14. The summed E-state index contributed by atoms with van der Waals surface area (Å²) in [7, 11) is 0. The number of rotatable bonds is 34. The fraction of sp³-hybridized carbons (Fsp3) is 0.783. The van der Waals surface area contributed by atoms with Crippen LogP contribution in [-0.2, 0) is 43.2 Å². The van der Waals surface area contributed by atoms with E-state index in [-0.39, 0.29) is 87.7 Å². The largest absolute Gasteiger partial charge is 0.480 e. The lowest BCUT2D eigenvalue weighted by Gasteiger charge is -2.29. The molecule has 0 rings (SSSR count). The fourth-order valence-electron chi connectivity index (χ4n) is 7.13. The highest BCUT2D eigenvalue weighted by Gasteiger charge is 2.35. The number of carbonyl (C=O) groups excluding carboxylic acids is 8. The van der Waals surface area contributed by atoms with Crippen molar-refractivity contribution in [3.8, 4) is 0 Å². The van der Waals surface area contributed by atoms with Gasteiger partial charge in [0, 0.05) is 6.54 Å². The van der Waals surface area contributed by atoms with E-state index in [0.29, 0.717) is 19.4 Å². The maximum absolute atomic E-state index is 14.1. The molecule has 23 heteroatoms. The molecule has 0 heterocycles. The zero-order chi connectivity index (χ0) is 53.1. The number of hydrogen-bond donors (Lipinski definition) is 13. The summed E-state index contributed by atoms with van der Waals surface area (Å²) >= 11 is 0. The molecule has 8 amide bonds. The van der Waals surface area contributed by atoms with Crippen LogP contribution in [0.5, 0.6) is 0 Å². The van der Waals surface area contributed by atoms with Gasteiger partial charge in [-0.15, -0.1) is 0 Å². The number of nitrogens with one attached hydrogen (secondary N) is 8. The highest BCUT2D eigenvalue weighted by atomic mass is 16.4. The predicted molar refractivity (Wildman–Crippen MR) is 263 cm³/mol. The predicted octanol–water partition coefficient (Wildman–Crippen LogP) is -1.05. The van der Waals surface area contributed by atoms with Crippen molar-refractivity contribution in [3.63, 3.8) is 0 Å². The monoisotopic (exact) mass is 982 g/mol. The van der Waals surface area contributed by atoms with E-state index < -0.39 is 107 Å². The highest BCUT2D eigenvalue weighted by molar-refractivity contribution is 5.98. The van der Waals surface area contributed by atoms with E-state index in [1.54, 1.807) is 13.8 Å². The number of guanidine groups is 1. The van der Waals surface area contributed by atoms with Crippen molar-refractivity contribution >= 4 is 59.2 Å². The summed E-state index contributed by atoms with van der Waals surface area (Å²) in [6, 6.07) is -9.27. The lowest BCUT2D eigenvalue weighted by molar-refractivity contribution is -0.143. The molecule has 0 spiro atoms. The minimum absolute atomic E-state index is 0.0146. The molecule has 0 saturated heterocycles. The van der Waals surface area contributed by atoms with E-state index in [9.17, 15) is 48.3 Å². The fourth-order valence-corrected chi connectivity index (χ4v) is 7.13. The molecule has 23 nitrogen and oxygen atoms in total. The molecule has 0 aromatic carbocycles. The molecular weight excluding hydrogens is 895 g/mol. The Balaban J connectivity index is 6.45. The molecule has 0 aromatic rings. The Morgan fingerprint density at radius 1 is 0.449 bits per heavy atom. The summed E-state index contributed by atoms with van der Waals surface area (Å²) in [4.78, 5) is 124. The SMILES string of the molecule is CC(C)C[C@H](NC(=O)CN)C(=O)N[C@@H](CCCN=C(N)N)C(=O)N[C@@H](C)C(=O)N[C@@H](CC(C)C)C(=O)N[C@@H](CC(C)C)C(=O)N[C@@H](CC(C)C)C(=O)N[C@@H](CCCCN)C(=O)N[C@H](C(=O)O)C(C)C. The molecule has 8 atom stereocenters. The van der Waals surface area contributed by atoms with Gasteiger partial charge in [0.15, 0.2) is 5.96 Å². The molecule has 0 unspecified atom stereocenters. The maximum Gasteiger partial charge on any atom is 0.326 e. The number of aliphatic carboxylic acids is 1. The van der Waals surface area contributed by atoms with Gasteiger partial charge in [-0.1, -0.05) is 69.2 Å². The molecule has 69 heavy (non-hydrogen) atoms. The number of aliphatic imine (C=N–C) groups is 1. The third-order valence-corrected chi connectivity index (χ3v) is 10.7. The van der Waals surface area contributed by atoms with E-state index in [2.05, 4.69) is 47.5 Å². The van der Waals surface area contributed by atoms with Gasteiger partial charge in [-0.05, 0) is 101 Å². The van der Waals surface area contributed by atoms with E-state index in [1.165, 1.54) is 6.92 Å². The number of carbonyl (C=O) groups is 9. The molecule has 0 aromatic heterocycles. The Bertz CT molecular complexity index is 1700. The number of nitrogens with two attached hydrogens (primary N) is 4. The van der Waals surface area contributed by atoms with E-state index in [0.717, 1.165) is 0 Å². The molecular formula is C46H87N13O10. The Kier molecular flexibility index (Phi) is 30.4. The summed E-state index contributed by atoms with van der Waals surface area (Å²) in [5.74, 6) is -7.66. The normalized spacial score (nSPS) is 14.9. The second kappa shape index (κ2) is 33.0. The van der Waals surface area contributed by atoms with Crippen LogP contribution in [0.15, 0.2) is 4.99 Å². The number of unbranched alkanes of at least 4 members (excludes halogenated alkanes) is 1. The van der Waals surface area contributed by atoms with Crippen LogP contribution in [0.1, 0.15) is 134 Å². The van der Waals surface area contributed by atoms with Crippen molar-refractivity contribution in [2.75, 3.05) is 19.6 Å². The molecule has 17 N–H and O–H groups in total. The van der Waals surface area contributed by atoms with Crippen molar-refractivity contribution in [1.82, 2.24) is 42.5 Å². The molecule has 0 fully saturated rings. The van der Waals surface area contributed by atoms with Gasteiger partial charge in [-0.2, -0.15) is 0 Å². The lowest BCUT2D eigenvalue weighted by atomic mass is 9.98. The van der Waals surface area contributed by atoms with Gasteiger partial charge in [0.25, 0.3) is 0 Å². The number of nitrogens with zero attached hydrogens (tertiary/aromatic N) is 1. The van der Waals surface area contributed by atoms with Crippen LogP contribution in [0.4, 0.5) is 0 Å². The third kappa shape index (κ3) is 26.7. The van der Waals surface area contributed by atoms with Crippen LogP contribution < -0.4 is 65.5 Å². The molecule has 0 radical (unpaired) electrons. The van der Waals surface area contributed by atoms with Crippen LogP contribution in [0.3, 0.4) is 0 Å². The highest BCUT2D eigenvalue weighted by Crippen LogP contribution is 2.14. The van der Waals surface area contributed by atoms with E-state index in [4.69, 9.17) is 22.9 Å². The standard InChI is InChI=1S/C46H87N13O10/c1-24(2)19-32(53-36(60)23-48)41(64)55-31(16-14-18-51-46(49)50)39(62)52-29(11)38(61)56-33(20-25(3)4)43(66)58-35(22-27(7)8)44(67)57-34(21-26(5)6)42(65)54-30(15-12-13-17-47)40(63)59-37(28(9)10)45(68)69/h24-35,37H,12-23,47-48H2,1-11H3,(H,52,62)(H,53,60)(H,54,65)(H,55,64)(H,56,61)(H,57,67)(H,58,66)(H,59,63)(H,68,69)(H4,49,50,51)/t29-,30-,31-,32-,33-,34-,35-,37-/m0/s1. The average Bonchev–Trinajstić information content (AvgIpc) is 3.23. The van der Waals surface area contributed by atoms with E-state index in [1.807, 2.05) is 55.4 Å². The number of hydrogen-bond acceptors (Lipinski definition) is 12. The second-order valence-electron chi connectivity index (χ2n) is 19.7. The summed E-state index contributed by atoms with van der Waals surface area (Å²) in [5.41, 5.74) is 22.0. The Hall–Kier alpha value is -5.58. The molecule has 0 saturated carbocycles. The van der Waals surface area contributed by atoms with Crippen molar-refractivity contribution < 1.29 is 48.3 Å². The summed E-state index contributed by atoms with van der Waals surface area (Å²) in [6.45, 7) is 19.5. The quantitative estimate of drug-likeness (QED) is 0.0208. The molecule has 0 aliphatic heterocycles. The smallest absolute Gasteiger partial charge is 0.326 e. The molecule has 396 valence electrons. The van der Waals surface area contributed by atoms with Gasteiger partial charge in [0.2, 0.25) is 47.3 Å². The van der Waals surface area contributed by atoms with Crippen LogP contribution >= 0.6 is 0 Å². The molecule has 0 bridgehead atoms. The molecule has 0 aliphatic rings. The van der Waals surface area contributed by atoms with Gasteiger partial charge >= 0.3 is 5.97 Å². The van der Waals surface area contributed by atoms with Gasteiger partial charge in [0.05, 0.1) is 6.54 Å². The van der Waals surface area contributed by atoms with Gasteiger partial charge < -0.3 is 70.6 Å². The minimum Gasteiger partial charge on any atom is -0.480 e. The zero-order valence-corrected chi connectivity index (χ0v) is 42.9. The van der Waals surface area contributed by atoms with Crippen LogP contribution in [0.2, 0.25) is 0 Å². The summed E-state index contributed by atoms with van der Waals surface area (Å²) < 4.78 is 0. The van der Waals surface area contributed by atoms with Crippen molar-refractivity contribution in [3.05, 3.63) is 0 Å². The number of amides is 8. The second-order valence-corrected chi connectivity index (χ2v) is 19.7. The first-order valence-electron chi connectivity index (χ1n) is 24.2. The van der Waals surface area contributed by atoms with Gasteiger partial charge in [0.1, 0.15) is 48.3 Å². The van der Waals surface area contributed by atoms with Crippen molar-refractivity contribution in [2.45, 2.75) is 182 Å². The summed E-state index contributed by atoms with van der Waals surface area (Å²) in [5, 5.41) is 31.0. The number of carboxylic acids is 1. The van der Waals surface area contributed by atoms with Crippen molar-refractivity contribution in [2.24, 2.45) is 57.5 Å². The maximum atomic E-state index is 14.1. The van der Waals surface area contributed by atoms with Gasteiger partial charge in [-0.3, -0.25) is 43.3 Å². The lowest BCUT2D eigenvalue weighted by Crippen LogP contribution is -2.60. The van der Waals surface area contributed by atoms with Crippen LogP contribution in [-0.4, -0.2) is 132 Å². The first-order chi connectivity index (χ1) is 32.1.